The van der Waals surface area contributed by atoms with Gasteiger partial charge in [-0.25, -0.2) is 0 Å². The molecule has 0 fully saturated rings. The largest absolute Gasteiger partial charge is 0.346 e. The number of halogens is 2. The zero-order chi connectivity index (χ0) is 22.1. The van der Waals surface area contributed by atoms with E-state index in [1.807, 2.05) is 32.0 Å². The van der Waals surface area contributed by atoms with Crippen LogP contribution in [0.3, 0.4) is 0 Å². The monoisotopic (exact) mass is 452 g/mol. The number of benzene rings is 3. The first-order valence-corrected chi connectivity index (χ1v) is 10.9. The molecule has 1 atom stereocenters. The molecule has 3 aromatic carbocycles. The maximum atomic E-state index is 13.1. The smallest absolute Gasteiger partial charge is 0.258 e. The first-order valence-electron chi connectivity index (χ1n) is 10.1. The fraction of sp³-hybridized carbons (Fsp3) is 0.200. The van der Waals surface area contributed by atoms with E-state index in [9.17, 15) is 9.59 Å². The van der Waals surface area contributed by atoms with Crippen molar-refractivity contribution < 1.29 is 9.59 Å². The summed E-state index contributed by atoms with van der Waals surface area (Å²) in [5, 5.41) is 4.16. The molecule has 4 rings (SSSR count). The molecule has 0 bridgehead atoms. The maximum absolute atomic E-state index is 13.1. The molecule has 3 aromatic rings. The van der Waals surface area contributed by atoms with Gasteiger partial charge in [-0.2, -0.15) is 0 Å². The van der Waals surface area contributed by atoms with Crippen LogP contribution in [0.2, 0.25) is 10.0 Å². The number of amides is 2. The molecule has 0 saturated carbocycles. The van der Waals surface area contributed by atoms with Crippen molar-refractivity contribution in [2.75, 3.05) is 11.4 Å². The van der Waals surface area contributed by atoms with Crippen LogP contribution < -0.4 is 10.2 Å². The third kappa shape index (κ3) is 4.46. The molecule has 1 aliphatic heterocycles. The Labute approximate surface area is 191 Å². The number of carbonyl (C=O) groups is 2. The van der Waals surface area contributed by atoms with E-state index < -0.39 is 0 Å². The number of fused-ring (bicyclic) bond motifs is 1. The molecule has 4 nitrogen and oxygen atoms in total. The number of carbonyl (C=O) groups excluding carboxylic acids is 2. The van der Waals surface area contributed by atoms with Crippen molar-refractivity contribution in [3.8, 4) is 0 Å². The van der Waals surface area contributed by atoms with Crippen molar-refractivity contribution in [3.05, 3.63) is 98.5 Å². The quantitative estimate of drug-likeness (QED) is 0.527. The summed E-state index contributed by atoms with van der Waals surface area (Å²) in [7, 11) is 0. The number of rotatable bonds is 4. The molecule has 0 spiro atoms. The molecule has 1 aliphatic rings. The molecule has 31 heavy (non-hydrogen) atoms. The molecule has 1 heterocycles. The van der Waals surface area contributed by atoms with Crippen LogP contribution in [-0.4, -0.2) is 18.4 Å². The van der Waals surface area contributed by atoms with Crippen LogP contribution in [0.25, 0.3) is 0 Å². The van der Waals surface area contributed by atoms with E-state index >= 15 is 0 Å². The second-order valence-corrected chi connectivity index (χ2v) is 8.63. The van der Waals surface area contributed by atoms with Gasteiger partial charge < -0.3 is 10.2 Å². The highest BCUT2D eigenvalue weighted by Gasteiger charge is 2.27. The summed E-state index contributed by atoms with van der Waals surface area (Å²) in [4.78, 5) is 27.4. The second-order valence-electron chi connectivity index (χ2n) is 7.76. The summed E-state index contributed by atoms with van der Waals surface area (Å²) in [5.74, 6) is -0.200. The number of hydrogen-bond donors (Lipinski definition) is 1. The lowest BCUT2D eigenvalue weighted by molar-refractivity contribution is 0.0938. The summed E-state index contributed by atoms with van der Waals surface area (Å²) in [5.41, 5.74) is 5.08. The van der Waals surface area contributed by atoms with Gasteiger partial charge >= 0.3 is 0 Å². The van der Waals surface area contributed by atoms with Gasteiger partial charge in [-0.3, -0.25) is 9.59 Å². The minimum absolute atomic E-state index is 0.0458. The van der Waals surface area contributed by atoms with Gasteiger partial charge in [-0.1, -0.05) is 41.4 Å². The number of nitrogens with zero attached hydrogens (tertiary/aromatic N) is 1. The molecule has 0 aliphatic carbocycles. The van der Waals surface area contributed by atoms with Crippen LogP contribution >= 0.6 is 23.2 Å². The Kier molecular flexibility index (Phi) is 6.03. The van der Waals surface area contributed by atoms with E-state index in [0.29, 0.717) is 27.7 Å². The summed E-state index contributed by atoms with van der Waals surface area (Å²) in [6, 6.07) is 18.0. The highest BCUT2D eigenvalue weighted by Crippen LogP contribution is 2.32. The van der Waals surface area contributed by atoms with Gasteiger partial charge in [0.15, 0.2) is 0 Å². The average Bonchev–Trinajstić information content (AvgIpc) is 3.18. The zero-order valence-corrected chi connectivity index (χ0v) is 18.8. The van der Waals surface area contributed by atoms with Crippen LogP contribution in [0.15, 0.2) is 60.7 Å². The van der Waals surface area contributed by atoms with Crippen molar-refractivity contribution in [1.82, 2.24) is 5.32 Å². The zero-order valence-electron chi connectivity index (χ0n) is 17.3. The number of aryl methyl sites for hydroxylation is 1. The molecular weight excluding hydrogens is 431 g/mol. The number of anilines is 1. The normalized spacial score (nSPS) is 13.6. The number of hydrogen-bond acceptors (Lipinski definition) is 2. The molecule has 158 valence electrons. The van der Waals surface area contributed by atoms with Gasteiger partial charge in [0.2, 0.25) is 0 Å². The second kappa shape index (κ2) is 8.74. The van der Waals surface area contributed by atoms with Crippen molar-refractivity contribution >= 4 is 40.7 Å². The van der Waals surface area contributed by atoms with Crippen molar-refractivity contribution in [3.63, 3.8) is 0 Å². The predicted molar refractivity (Wildman–Crippen MR) is 125 cm³/mol. The van der Waals surface area contributed by atoms with E-state index in [4.69, 9.17) is 23.2 Å². The van der Waals surface area contributed by atoms with Gasteiger partial charge in [0.25, 0.3) is 11.8 Å². The molecular formula is C25H22Cl2N2O2. The molecule has 1 unspecified atom stereocenters. The summed E-state index contributed by atoms with van der Waals surface area (Å²) in [6.45, 7) is 4.48. The SMILES string of the molecule is Cc1ccc(Cl)cc1C(=O)N1CCc2cc(C(C)NC(=O)c3ccc(Cl)cc3)ccc21. The molecule has 6 heteroatoms. The van der Waals surface area contributed by atoms with E-state index in [0.717, 1.165) is 28.8 Å². The van der Waals surface area contributed by atoms with Crippen LogP contribution in [0, 0.1) is 6.92 Å². The first-order chi connectivity index (χ1) is 14.8. The Morgan fingerprint density at radius 3 is 2.42 bits per heavy atom. The lowest BCUT2D eigenvalue weighted by Gasteiger charge is -2.20. The van der Waals surface area contributed by atoms with E-state index in [2.05, 4.69) is 11.4 Å². The maximum Gasteiger partial charge on any atom is 0.258 e. The van der Waals surface area contributed by atoms with E-state index in [1.54, 1.807) is 41.3 Å². The third-order valence-electron chi connectivity index (χ3n) is 5.63. The van der Waals surface area contributed by atoms with Gasteiger partial charge in [-0.15, -0.1) is 0 Å². The topological polar surface area (TPSA) is 49.4 Å². The van der Waals surface area contributed by atoms with Gasteiger partial charge in [-0.05, 0) is 79.4 Å². The summed E-state index contributed by atoms with van der Waals surface area (Å²) < 4.78 is 0. The van der Waals surface area contributed by atoms with Gasteiger partial charge in [0.05, 0.1) is 6.04 Å². The standard InChI is InChI=1S/C25H22Cl2N2O2/c1-15-3-7-21(27)14-22(15)25(31)29-12-11-19-13-18(6-10-23(19)29)16(2)28-24(30)17-4-8-20(26)9-5-17/h3-10,13-14,16H,11-12H2,1-2H3,(H,28,30). The average molecular weight is 453 g/mol. The molecule has 2 amide bonds. The fourth-order valence-electron chi connectivity index (χ4n) is 3.84. The minimum atomic E-state index is -0.173. The third-order valence-corrected chi connectivity index (χ3v) is 6.12. The van der Waals surface area contributed by atoms with Crippen molar-refractivity contribution in [2.45, 2.75) is 26.3 Å². The van der Waals surface area contributed by atoms with E-state index in [1.165, 1.54) is 0 Å². The van der Waals surface area contributed by atoms with E-state index in [-0.39, 0.29) is 17.9 Å². The van der Waals surface area contributed by atoms with Crippen molar-refractivity contribution in [1.29, 1.82) is 0 Å². The summed E-state index contributed by atoms with van der Waals surface area (Å²) >= 11 is 12.0. The molecule has 0 radical (unpaired) electrons. The minimum Gasteiger partial charge on any atom is -0.346 e. The van der Waals surface area contributed by atoms with Gasteiger partial charge in [0, 0.05) is 33.4 Å². The summed E-state index contributed by atoms with van der Waals surface area (Å²) in [6.07, 6.45) is 0.770. The Bertz CT molecular complexity index is 1160. The lowest BCUT2D eigenvalue weighted by Crippen LogP contribution is -2.29. The van der Waals surface area contributed by atoms with Gasteiger partial charge in [0.1, 0.15) is 0 Å². The molecule has 1 N–H and O–H groups in total. The molecule has 0 aromatic heterocycles. The highest BCUT2D eigenvalue weighted by atomic mass is 35.5. The van der Waals surface area contributed by atoms with Crippen LogP contribution in [0.1, 0.15) is 50.4 Å². The van der Waals surface area contributed by atoms with Crippen LogP contribution in [0.5, 0.6) is 0 Å². The Balaban J connectivity index is 1.51. The number of nitrogens with one attached hydrogen (secondary N) is 1. The molecule has 0 saturated heterocycles. The Hall–Kier alpha value is -2.82. The van der Waals surface area contributed by atoms with Crippen molar-refractivity contribution in [2.24, 2.45) is 0 Å². The predicted octanol–water partition coefficient (Wildman–Crippen LogP) is 6.00. The fourth-order valence-corrected chi connectivity index (χ4v) is 4.13. The van der Waals surface area contributed by atoms with Crippen LogP contribution in [-0.2, 0) is 6.42 Å². The lowest BCUT2D eigenvalue weighted by atomic mass is 10.0. The van der Waals surface area contributed by atoms with Crippen LogP contribution in [0.4, 0.5) is 5.69 Å². The first kappa shape index (κ1) is 21.4. The highest BCUT2D eigenvalue weighted by molar-refractivity contribution is 6.31. The Morgan fingerprint density at radius 2 is 1.68 bits per heavy atom. The Morgan fingerprint density at radius 1 is 0.968 bits per heavy atom.